The van der Waals surface area contributed by atoms with Gasteiger partial charge < -0.3 is 25.0 Å². The van der Waals surface area contributed by atoms with Gasteiger partial charge in [-0.15, -0.1) is 0 Å². The Morgan fingerprint density at radius 3 is 2.41 bits per heavy atom. The number of amides is 1. The van der Waals surface area contributed by atoms with E-state index in [4.69, 9.17) is 16.3 Å². The van der Waals surface area contributed by atoms with Crippen LogP contribution < -0.4 is 19.9 Å². The Balaban J connectivity index is 1.48. The van der Waals surface area contributed by atoms with E-state index >= 15 is 0 Å². The highest BCUT2D eigenvalue weighted by Gasteiger charge is 2.22. The molecule has 0 bridgehead atoms. The molecule has 0 saturated carbocycles. The van der Waals surface area contributed by atoms with Crippen LogP contribution in [0.5, 0.6) is 5.75 Å². The van der Waals surface area contributed by atoms with Gasteiger partial charge in [-0.1, -0.05) is 29.8 Å². The number of aromatic carboxylic acids is 1. The Hall–Kier alpha value is -3.71. The van der Waals surface area contributed by atoms with Crippen molar-refractivity contribution in [2.24, 2.45) is 0 Å². The Bertz CT molecular complexity index is 1190. The van der Waals surface area contributed by atoms with Crippen LogP contribution in [-0.2, 0) is 0 Å². The number of carboxylic acid groups (broad SMARTS) is 1. The van der Waals surface area contributed by atoms with Gasteiger partial charge in [0.15, 0.2) is 0 Å². The molecular weight excluding hydrogens is 454 g/mol. The van der Waals surface area contributed by atoms with Crippen LogP contribution in [0.3, 0.4) is 0 Å². The Kier molecular flexibility index (Phi) is 7.23. The zero-order chi connectivity index (χ0) is 24.1. The highest BCUT2D eigenvalue weighted by molar-refractivity contribution is 6.31. The van der Waals surface area contributed by atoms with Gasteiger partial charge in [0.1, 0.15) is 5.75 Å². The molecule has 0 radical (unpaired) electrons. The number of para-hydroxylation sites is 2. The van der Waals surface area contributed by atoms with Crippen LogP contribution in [0.4, 0.5) is 17.1 Å². The lowest BCUT2D eigenvalue weighted by molar-refractivity contribution is 0.0698. The third-order valence-electron chi connectivity index (χ3n) is 5.72. The molecule has 0 spiro atoms. The number of nitrogens with one attached hydrogen (secondary N) is 1. The molecule has 0 unspecified atom stereocenters. The molecule has 1 fully saturated rings. The van der Waals surface area contributed by atoms with Crippen molar-refractivity contribution in [3.8, 4) is 5.75 Å². The molecule has 4 rings (SSSR count). The van der Waals surface area contributed by atoms with E-state index in [9.17, 15) is 14.7 Å². The fraction of sp³-hybridized carbons (Fsp3) is 0.231. The number of carboxylic acids is 1. The second kappa shape index (κ2) is 10.5. The van der Waals surface area contributed by atoms with Crippen molar-refractivity contribution in [1.82, 2.24) is 0 Å². The average Bonchev–Trinajstić information content (AvgIpc) is 2.85. The molecule has 3 aromatic carbocycles. The molecule has 8 heteroatoms. The normalized spacial score (nSPS) is 13.5. The summed E-state index contributed by atoms with van der Waals surface area (Å²) in [6, 6.07) is 19.6. The number of anilines is 3. The summed E-state index contributed by atoms with van der Waals surface area (Å²) in [6.07, 6.45) is 0. The number of hydrogen-bond donors (Lipinski definition) is 2. The van der Waals surface area contributed by atoms with E-state index < -0.39 is 11.9 Å². The summed E-state index contributed by atoms with van der Waals surface area (Å²) in [7, 11) is 0. The van der Waals surface area contributed by atoms with E-state index in [1.807, 2.05) is 31.2 Å². The molecular formula is C26H26ClN3O4. The van der Waals surface area contributed by atoms with Crippen molar-refractivity contribution in [1.29, 1.82) is 0 Å². The molecule has 0 atom stereocenters. The third-order valence-corrected chi connectivity index (χ3v) is 5.95. The van der Waals surface area contributed by atoms with Crippen molar-refractivity contribution in [2.75, 3.05) is 47.9 Å². The van der Waals surface area contributed by atoms with Gasteiger partial charge >= 0.3 is 5.97 Å². The maximum absolute atomic E-state index is 12.6. The highest BCUT2D eigenvalue weighted by Crippen LogP contribution is 2.30. The number of ether oxygens (including phenoxy) is 1. The van der Waals surface area contributed by atoms with Crippen LogP contribution in [0.15, 0.2) is 66.7 Å². The maximum Gasteiger partial charge on any atom is 0.337 e. The largest absolute Gasteiger partial charge is 0.492 e. The van der Waals surface area contributed by atoms with Gasteiger partial charge in [-0.2, -0.15) is 0 Å². The first-order chi connectivity index (χ1) is 16.5. The van der Waals surface area contributed by atoms with Gasteiger partial charge in [-0.3, -0.25) is 4.79 Å². The zero-order valence-electron chi connectivity index (χ0n) is 18.8. The summed E-state index contributed by atoms with van der Waals surface area (Å²) in [5.74, 6) is -0.654. The molecule has 34 heavy (non-hydrogen) atoms. The number of benzene rings is 3. The molecule has 1 aliphatic heterocycles. The predicted octanol–water partition coefficient (Wildman–Crippen LogP) is 5.02. The first kappa shape index (κ1) is 23.4. The minimum Gasteiger partial charge on any atom is -0.492 e. The van der Waals surface area contributed by atoms with Crippen LogP contribution in [0.25, 0.3) is 0 Å². The van der Waals surface area contributed by atoms with Crippen LogP contribution in [-0.4, -0.2) is 49.8 Å². The minimum atomic E-state index is -1.10. The summed E-state index contributed by atoms with van der Waals surface area (Å²) in [6.45, 7) is 5.59. The first-order valence-electron chi connectivity index (χ1n) is 11.1. The number of nitrogens with zero attached hydrogens (tertiary/aromatic N) is 2. The molecule has 3 aromatic rings. The second-order valence-corrected chi connectivity index (χ2v) is 8.31. The van der Waals surface area contributed by atoms with Crippen molar-refractivity contribution in [3.63, 3.8) is 0 Å². The topological polar surface area (TPSA) is 82.1 Å². The Morgan fingerprint density at radius 2 is 1.71 bits per heavy atom. The second-order valence-electron chi connectivity index (χ2n) is 7.87. The van der Waals surface area contributed by atoms with Gasteiger partial charge in [0.25, 0.3) is 5.91 Å². The lowest BCUT2D eigenvalue weighted by atomic mass is 10.1. The molecule has 1 heterocycles. The van der Waals surface area contributed by atoms with E-state index in [0.29, 0.717) is 17.2 Å². The van der Waals surface area contributed by atoms with Crippen molar-refractivity contribution >= 4 is 40.5 Å². The minimum absolute atomic E-state index is 0.0389. The highest BCUT2D eigenvalue weighted by atomic mass is 35.5. The van der Waals surface area contributed by atoms with Gasteiger partial charge in [0.05, 0.1) is 23.5 Å². The van der Waals surface area contributed by atoms with E-state index in [0.717, 1.165) is 43.3 Å². The van der Waals surface area contributed by atoms with E-state index in [1.165, 1.54) is 6.07 Å². The fourth-order valence-corrected chi connectivity index (χ4v) is 4.23. The Labute approximate surface area is 203 Å². The lowest BCUT2D eigenvalue weighted by Crippen LogP contribution is -2.46. The van der Waals surface area contributed by atoms with Crippen molar-refractivity contribution in [2.45, 2.75) is 6.92 Å². The lowest BCUT2D eigenvalue weighted by Gasteiger charge is -2.38. The maximum atomic E-state index is 12.6. The van der Waals surface area contributed by atoms with Crippen LogP contribution in [0, 0.1) is 0 Å². The van der Waals surface area contributed by atoms with Gasteiger partial charge in [0, 0.05) is 42.5 Å². The molecule has 1 amide bonds. The summed E-state index contributed by atoms with van der Waals surface area (Å²) in [5.41, 5.74) is 2.50. The third kappa shape index (κ3) is 5.26. The predicted molar refractivity (Wildman–Crippen MR) is 135 cm³/mol. The Morgan fingerprint density at radius 1 is 0.971 bits per heavy atom. The van der Waals surface area contributed by atoms with Crippen molar-refractivity contribution < 1.29 is 19.4 Å². The van der Waals surface area contributed by atoms with Crippen molar-refractivity contribution in [3.05, 3.63) is 82.9 Å². The zero-order valence-corrected chi connectivity index (χ0v) is 19.6. The number of rotatable bonds is 7. The monoisotopic (exact) mass is 479 g/mol. The summed E-state index contributed by atoms with van der Waals surface area (Å²) < 4.78 is 5.76. The molecule has 176 valence electrons. The number of halogens is 1. The standard InChI is InChI=1S/C26H26ClN3O4/c1-2-34-24-9-4-3-8-23(24)30-14-12-29(13-15-30)20-10-11-22(21(17-20)26(32)33)28-25(31)18-6-5-7-19(27)16-18/h3-11,16-17H,2,12-15H2,1H3,(H,28,31)(H,32,33). The van der Waals surface area contributed by atoms with E-state index in [-0.39, 0.29) is 11.3 Å². The SMILES string of the molecule is CCOc1ccccc1N1CCN(c2ccc(NC(=O)c3cccc(Cl)c3)c(C(=O)O)c2)CC1. The molecule has 0 aromatic heterocycles. The van der Waals surface area contributed by atoms with Crippen LogP contribution >= 0.6 is 11.6 Å². The molecule has 2 N–H and O–H groups in total. The van der Waals surface area contributed by atoms with Crippen LogP contribution in [0.2, 0.25) is 5.02 Å². The summed E-state index contributed by atoms with van der Waals surface area (Å²) in [5, 5.41) is 12.9. The van der Waals surface area contributed by atoms with Gasteiger partial charge in [-0.25, -0.2) is 4.79 Å². The average molecular weight is 480 g/mol. The number of carbonyl (C=O) groups excluding carboxylic acids is 1. The molecule has 1 saturated heterocycles. The van der Waals surface area contributed by atoms with E-state index in [1.54, 1.807) is 30.3 Å². The van der Waals surface area contributed by atoms with E-state index in [2.05, 4.69) is 21.2 Å². The number of carbonyl (C=O) groups is 2. The number of piperazine rings is 1. The molecule has 0 aliphatic carbocycles. The first-order valence-corrected chi connectivity index (χ1v) is 11.5. The van der Waals surface area contributed by atoms with Gasteiger partial charge in [-0.05, 0) is 55.5 Å². The summed E-state index contributed by atoms with van der Waals surface area (Å²) in [4.78, 5) is 29.0. The van der Waals surface area contributed by atoms with Gasteiger partial charge in [0.2, 0.25) is 0 Å². The fourth-order valence-electron chi connectivity index (χ4n) is 4.04. The van der Waals surface area contributed by atoms with Crippen LogP contribution in [0.1, 0.15) is 27.6 Å². The summed E-state index contributed by atoms with van der Waals surface area (Å²) >= 11 is 5.96. The molecule has 7 nitrogen and oxygen atoms in total. The molecule has 1 aliphatic rings. The quantitative estimate of drug-likeness (QED) is 0.495. The smallest absolute Gasteiger partial charge is 0.337 e. The number of hydrogen-bond acceptors (Lipinski definition) is 5.